The highest BCUT2D eigenvalue weighted by molar-refractivity contribution is 4.76. The molecule has 0 radical (unpaired) electrons. The number of ether oxygens (including phenoxy) is 1. The van der Waals surface area contributed by atoms with Crippen LogP contribution in [0.5, 0.6) is 0 Å². The molecule has 0 aliphatic carbocycles. The molecule has 1 unspecified atom stereocenters. The molecule has 0 aromatic heterocycles. The highest BCUT2D eigenvalue weighted by atomic mass is 16.5. The molecule has 0 rings (SSSR count). The number of hydrogen-bond acceptors (Lipinski definition) is 1. The van der Waals surface area contributed by atoms with Crippen molar-refractivity contribution in [3.05, 3.63) is 12.2 Å². The van der Waals surface area contributed by atoms with Crippen molar-refractivity contribution in [1.29, 1.82) is 0 Å². The van der Waals surface area contributed by atoms with Gasteiger partial charge in [0.25, 0.3) is 0 Å². The lowest BCUT2D eigenvalue weighted by Crippen LogP contribution is -2.08. The summed E-state index contributed by atoms with van der Waals surface area (Å²) in [5.74, 6) is 0. The first kappa shape index (κ1) is 14.7. The minimum absolute atomic E-state index is 0.459. The molecule has 15 heavy (non-hydrogen) atoms. The number of unbranched alkanes of at least 4 members (excludes halogenated alkanes) is 4. The van der Waals surface area contributed by atoms with Gasteiger partial charge in [0.1, 0.15) is 0 Å². The zero-order valence-corrected chi connectivity index (χ0v) is 10.8. The molecule has 0 aliphatic heterocycles. The third-order valence-electron chi connectivity index (χ3n) is 2.57. The van der Waals surface area contributed by atoms with Crippen molar-refractivity contribution in [1.82, 2.24) is 0 Å². The van der Waals surface area contributed by atoms with E-state index >= 15 is 0 Å². The van der Waals surface area contributed by atoms with E-state index < -0.39 is 0 Å². The van der Waals surface area contributed by atoms with Crippen LogP contribution < -0.4 is 0 Å². The number of allylic oxidation sites excluding steroid dienone is 2. The zero-order chi connectivity index (χ0) is 11.4. The average molecular weight is 212 g/mol. The summed E-state index contributed by atoms with van der Waals surface area (Å²) in [5, 5.41) is 0. The molecule has 0 heterocycles. The first-order valence-electron chi connectivity index (χ1n) is 6.54. The van der Waals surface area contributed by atoms with Gasteiger partial charge in [-0.15, -0.1) is 0 Å². The average Bonchev–Trinajstić information content (AvgIpc) is 2.25. The summed E-state index contributed by atoms with van der Waals surface area (Å²) in [7, 11) is 0. The van der Waals surface area contributed by atoms with Crippen LogP contribution in [-0.4, -0.2) is 12.7 Å². The van der Waals surface area contributed by atoms with Crippen LogP contribution in [0.2, 0.25) is 0 Å². The molecule has 0 aromatic rings. The smallest absolute Gasteiger partial charge is 0.0547 e. The molecule has 0 saturated heterocycles. The molecule has 0 spiro atoms. The maximum Gasteiger partial charge on any atom is 0.0547 e. The van der Waals surface area contributed by atoms with Crippen LogP contribution in [0.15, 0.2) is 12.2 Å². The molecule has 1 atom stereocenters. The van der Waals surface area contributed by atoms with E-state index in [1.54, 1.807) is 0 Å². The van der Waals surface area contributed by atoms with Gasteiger partial charge >= 0.3 is 0 Å². The highest BCUT2D eigenvalue weighted by Gasteiger charge is 2.00. The van der Waals surface area contributed by atoms with Crippen LogP contribution in [0.1, 0.15) is 65.7 Å². The van der Waals surface area contributed by atoms with Crippen LogP contribution in [-0.2, 0) is 4.74 Å². The van der Waals surface area contributed by atoms with E-state index in [-0.39, 0.29) is 0 Å². The Morgan fingerprint density at radius 1 is 1.13 bits per heavy atom. The van der Waals surface area contributed by atoms with E-state index in [2.05, 4.69) is 32.9 Å². The van der Waals surface area contributed by atoms with Crippen LogP contribution in [0, 0.1) is 0 Å². The zero-order valence-electron chi connectivity index (χ0n) is 10.8. The molecule has 0 amide bonds. The molecule has 90 valence electrons. The quantitative estimate of drug-likeness (QED) is 0.376. The van der Waals surface area contributed by atoms with Gasteiger partial charge in [-0.1, -0.05) is 38.3 Å². The second-order valence-electron chi connectivity index (χ2n) is 4.24. The normalized spacial score (nSPS) is 13.5. The van der Waals surface area contributed by atoms with E-state index in [9.17, 15) is 0 Å². The molecule has 1 nitrogen and oxygen atoms in total. The molecule has 0 aliphatic rings. The molecule has 0 aromatic carbocycles. The molecule has 0 bridgehead atoms. The Kier molecular flexibility index (Phi) is 11.5. The molecule has 1 heteroatoms. The van der Waals surface area contributed by atoms with Crippen molar-refractivity contribution in [3.63, 3.8) is 0 Å². The standard InChI is InChI=1S/C14H28O/c1-4-6-7-8-9-10-11-12-14(3)15-13-5-2/h4,6,14H,5,7-13H2,1-3H3. The second-order valence-corrected chi connectivity index (χ2v) is 4.24. The highest BCUT2D eigenvalue weighted by Crippen LogP contribution is 2.09. The summed E-state index contributed by atoms with van der Waals surface area (Å²) in [5.41, 5.74) is 0. The van der Waals surface area contributed by atoms with Gasteiger partial charge in [0.2, 0.25) is 0 Å². The van der Waals surface area contributed by atoms with Crippen molar-refractivity contribution in [2.45, 2.75) is 71.8 Å². The molecular weight excluding hydrogens is 184 g/mol. The summed E-state index contributed by atoms with van der Waals surface area (Å²) in [6.07, 6.45) is 13.8. The Bertz CT molecular complexity index is 140. The van der Waals surface area contributed by atoms with Gasteiger partial charge in [-0.3, -0.25) is 0 Å². The molecule has 0 fully saturated rings. The van der Waals surface area contributed by atoms with Gasteiger partial charge in [-0.25, -0.2) is 0 Å². The first-order chi connectivity index (χ1) is 7.31. The van der Waals surface area contributed by atoms with E-state index in [0.717, 1.165) is 13.0 Å². The van der Waals surface area contributed by atoms with Crippen molar-refractivity contribution < 1.29 is 4.74 Å². The third-order valence-corrected chi connectivity index (χ3v) is 2.57. The Balaban J connectivity index is 3.09. The minimum atomic E-state index is 0.459. The summed E-state index contributed by atoms with van der Waals surface area (Å²) in [4.78, 5) is 0. The van der Waals surface area contributed by atoms with Crippen molar-refractivity contribution in [2.24, 2.45) is 0 Å². The van der Waals surface area contributed by atoms with Crippen molar-refractivity contribution in [3.8, 4) is 0 Å². The summed E-state index contributed by atoms with van der Waals surface area (Å²) >= 11 is 0. The van der Waals surface area contributed by atoms with Crippen LogP contribution in [0.3, 0.4) is 0 Å². The van der Waals surface area contributed by atoms with Crippen LogP contribution in [0.25, 0.3) is 0 Å². The maximum absolute atomic E-state index is 5.63. The Morgan fingerprint density at radius 3 is 2.53 bits per heavy atom. The van der Waals surface area contributed by atoms with Crippen LogP contribution in [0.4, 0.5) is 0 Å². The van der Waals surface area contributed by atoms with Gasteiger partial charge < -0.3 is 4.74 Å². The SMILES string of the molecule is CC=CCCCCCCC(C)OCCC. The van der Waals surface area contributed by atoms with E-state index in [1.165, 1.54) is 38.5 Å². The predicted molar refractivity (Wildman–Crippen MR) is 68.2 cm³/mol. The lowest BCUT2D eigenvalue weighted by molar-refractivity contribution is 0.0589. The first-order valence-corrected chi connectivity index (χ1v) is 6.54. The molecular formula is C14H28O. The topological polar surface area (TPSA) is 9.23 Å². The minimum Gasteiger partial charge on any atom is -0.379 e. The van der Waals surface area contributed by atoms with E-state index in [0.29, 0.717) is 6.10 Å². The van der Waals surface area contributed by atoms with Crippen LogP contribution >= 0.6 is 0 Å². The maximum atomic E-state index is 5.63. The van der Waals surface area contributed by atoms with Gasteiger partial charge in [0.15, 0.2) is 0 Å². The predicted octanol–water partition coefficient (Wildman–Crippen LogP) is 4.72. The van der Waals surface area contributed by atoms with E-state index in [4.69, 9.17) is 4.74 Å². The summed E-state index contributed by atoms with van der Waals surface area (Å²) < 4.78 is 5.63. The third kappa shape index (κ3) is 11.6. The fourth-order valence-corrected chi connectivity index (χ4v) is 1.62. The van der Waals surface area contributed by atoms with Crippen molar-refractivity contribution in [2.75, 3.05) is 6.61 Å². The number of rotatable bonds is 10. The van der Waals surface area contributed by atoms with Gasteiger partial charge in [0, 0.05) is 6.61 Å². The molecule has 0 saturated carbocycles. The lowest BCUT2D eigenvalue weighted by Gasteiger charge is -2.11. The number of hydrogen-bond donors (Lipinski definition) is 0. The second kappa shape index (κ2) is 11.8. The summed E-state index contributed by atoms with van der Waals surface area (Å²) in [6, 6.07) is 0. The lowest BCUT2D eigenvalue weighted by atomic mass is 10.1. The fourth-order valence-electron chi connectivity index (χ4n) is 1.62. The molecule has 0 N–H and O–H groups in total. The van der Waals surface area contributed by atoms with Gasteiger partial charge in [-0.2, -0.15) is 0 Å². The Morgan fingerprint density at radius 2 is 1.87 bits per heavy atom. The van der Waals surface area contributed by atoms with Crippen molar-refractivity contribution >= 4 is 0 Å². The van der Waals surface area contributed by atoms with Gasteiger partial charge in [-0.05, 0) is 39.5 Å². The Hall–Kier alpha value is -0.300. The Labute approximate surface area is 95.9 Å². The van der Waals surface area contributed by atoms with Gasteiger partial charge in [0.05, 0.1) is 6.10 Å². The summed E-state index contributed by atoms with van der Waals surface area (Å²) in [6.45, 7) is 7.36. The fraction of sp³-hybridized carbons (Fsp3) is 0.857. The van der Waals surface area contributed by atoms with E-state index in [1.807, 2.05) is 0 Å². The largest absolute Gasteiger partial charge is 0.379 e. The monoisotopic (exact) mass is 212 g/mol.